The zero-order valence-electron chi connectivity index (χ0n) is 18.4. The molecule has 0 spiro atoms. The summed E-state index contributed by atoms with van der Waals surface area (Å²) < 4.78 is 2.16. The fourth-order valence-corrected chi connectivity index (χ4v) is 4.41. The first-order chi connectivity index (χ1) is 15.6. The molecule has 3 heterocycles. The first kappa shape index (κ1) is 20.7. The van der Waals surface area contributed by atoms with Crippen molar-refractivity contribution in [1.82, 2.24) is 25.2 Å². The molecule has 1 saturated carbocycles. The molecule has 32 heavy (non-hydrogen) atoms. The number of fused-ring (bicyclic) bond motifs is 3. The van der Waals surface area contributed by atoms with Gasteiger partial charge in [-0.25, -0.2) is 9.97 Å². The van der Waals surface area contributed by atoms with Gasteiger partial charge < -0.3 is 15.2 Å². The second kappa shape index (κ2) is 8.73. The average Bonchev–Trinajstić information content (AvgIpc) is 3.57. The van der Waals surface area contributed by atoms with Crippen LogP contribution in [0.5, 0.6) is 0 Å². The van der Waals surface area contributed by atoms with Gasteiger partial charge in [0.1, 0.15) is 17.4 Å². The van der Waals surface area contributed by atoms with Crippen LogP contribution in [-0.4, -0.2) is 38.4 Å². The van der Waals surface area contributed by atoms with Gasteiger partial charge in [0, 0.05) is 31.1 Å². The SMILES string of the molecule is Cc1cc(C(=O)NC(Cc2ccccc2)C(=O)NC2CC2)c2nc3n(c2n1)CCCCC3. The third-order valence-electron chi connectivity index (χ3n) is 6.27. The lowest BCUT2D eigenvalue weighted by Gasteiger charge is -2.19. The number of aromatic nitrogens is 3. The number of aryl methyl sites for hydroxylation is 3. The predicted molar refractivity (Wildman–Crippen MR) is 122 cm³/mol. The molecule has 0 bridgehead atoms. The topological polar surface area (TPSA) is 88.9 Å². The van der Waals surface area contributed by atoms with Gasteiger partial charge in [-0.05, 0) is 44.2 Å². The molecule has 1 aromatic carbocycles. The Kier molecular flexibility index (Phi) is 5.64. The van der Waals surface area contributed by atoms with Crippen LogP contribution in [0.2, 0.25) is 0 Å². The molecule has 7 nitrogen and oxygen atoms in total. The average molecular weight is 432 g/mol. The number of benzene rings is 1. The van der Waals surface area contributed by atoms with Gasteiger partial charge >= 0.3 is 0 Å². The van der Waals surface area contributed by atoms with Gasteiger partial charge in [-0.2, -0.15) is 0 Å². The van der Waals surface area contributed by atoms with Crippen molar-refractivity contribution in [3.8, 4) is 0 Å². The van der Waals surface area contributed by atoms with E-state index in [1.807, 2.05) is 37.3 Å². The number of pyridine rings is 1. The number of imidazole rings is 1. The molecular formula is C25H29N5O2. The van der Waals surface area contributed by atoms with Crippen molar-refractivity contribution in [3.63, 3.8) is 0 Å². The van der Waals surface area contributed by atoms with Crippen molar-refractivity contribution in [2.24, 2.45) is 0 Å². The summed E-state index contributed by atoms with van der Waals surface area (Å²) in [7, 11) is 0. The normalized spacial score (nSPS) is 16.8. The van der Waals surface area contributed by atoms with Crippen molar-refractivity contribution >= 4 is 23.0 Å². The van der Waals surface area contributed by atoms with E-state index in [0.29, 0.717) is 17.5 Å². The second-order valence-corrected chi connectivity index (χ2v) is 8.97. The summed E-state index contributed by atoms with van der Waals surface area (Å²) in [5, 5.41) is 6.04. The number of carbonyl (C=O) groups is 2. The predicted octanol–water partition coefficient (Wildman–Crippen LogP) is 3.09. The monoisotopic (exact) mass is 431 g/mol. The van der Waals surface area contributed by atoms with E-state index in [1.54, 1.807) is 6.07 Å². The lowest BCUT2D eigenvalue weighted by Crippen LogP contribution is -2.48. The quantitative estimate of drug-likeness (QED) is 0.628. The van der Waals surface area contributed by atoms with Crippen LogP contribution < -0.4 is 10.6 Å². The Bertz CT molecular complexity index is 1150. The molecule has 166 valence electrons. The molecule has 2 aromatic heterocycles. The lowest BCUT2D eigenvalue weighted by molar-refractivity contribution is -0.123. The molecule has 0 radical (unpaired) electrons. The van der Waals surface area contributed by atoms with Crippen LogP contribution in [0.15, 0.2) is 36.4 Å². The Hall–Kier alpha value is -3.22. The molecule has 1 unspecified atom stereocenters. The molecule has 1 fully saturated rings. The summed E-state index contributed by atoms with van der Waals surface area (Å²) in [5.74, 6) is 0.588. The van der Waals surface area contributed by atoms with E-state index in [-0.39, 0.29) is 17.9 Å². The summed E-state index contributed by atoms with van der Waals surface area (Å²) >= 11 is 0. The van der Waals surface area contributed by atoms with Gasteiger partial charge in [0.25, 0.3) is 5.91 Å². The van der Waals surface area contributed by atoms with Crippen molar-refractivity contribution < 1.29 is 9.59 Å². The fourth-order valence-electron chi connectivity index (χ4n) is 4.41. The summed E-state index contributed by atoms with van der Waals surface area (Å²) in [6.45, 7) is 2.78. The number of carbonyl (C=O) groups excluding carboxylic acids is 2. The molecule has 7 heteroatoms. The Balaban J connectivity index is 1.45. The molecule has 2 amide bonds. The minimum atomic E-state index is -0.644. The smallest absolute Gasteiger partial charge is 0.254 e. The Labute approximate surface area is 187 Å². The first-order valence-corrected chi connectivity index (χ1v) is 11.6. The molecule has 1 aliphatic carbocycles. The van der Waals surface area contributed by atoms with E-state index < -0.39 is 6.04 Å². The van der Waals surface area contributed by atoms with Crippen molar-refractivity contribution in [2.45, 2.75) is 70.5 Å². The van der Waals surface area contributed by atoms with Crippen LogP contribution in [0.3, 0.4) is 0 Å². The number of nitrogens with one attached hydrogen (secondary N) is 2. The minimum Gasteiger partial charge on any atom is -0.352 e. The standard InChI is InChI=1S/C25H29N5O2/c1-16-14-19(22-23(26-16)30-13-7-3-6-10-21(30)29-22)24(31)28-20(25(32)27-18-11-12-18)15-17-8-4-2-5-9-17/h2,4-5,8-9,14,18,20H,3,6-7,10-13,15H2,1H3,(H,27,32)(H,28,31). The highest BCUT2D eigenvalue weighted by molar-refractivity contribution is 6.06. The number of hydrogen-bond acceptors (Lipinski definition) is 4. The molecule has 0 saturated heterocycles. The molecule has 1 atom stereocenters. The zero-order valence-corrected chi connectivity index (χ0v) is 18.4. The van der Waals surface area contributed by atoms with Gasteiger partial charge in [-0.1, -0.05) is 36.8 Å². The van der Waals surface area contributed by atoms with Crippen LogP contribution in [0, 0.1) is 6.92 Å². The number of rotatable bonds is 6. The van der Waals surface area contributed by atoms with Crippen LogP contribution in [-0.2, 0) is 24.2 Å². The molecule has 5 rings (SSSR count). The Morgan fingerprint density at radius 3 is 2.72 bits per heavy atom. The number of amides is 2. The number of nitrogens with zero attached hydrogens (tertiary/aromatic N) is 3. The molecule has 2 N–H and O–H groups in total. The maximum atomic E-state index is 13.4. The highest BCUT2D eigenvalue weighted by Gasteiger charge is 2.30. The van der Waals surface area contributed by atoms with Crippen LogP contribution in [0.1, 0.15) is 59.5 Å². The van der Waals surface area contributed by atoms with E-state index in [1.165, 1.54) is 6.42 Å². The van der Waals surface area contributed by atoms with Crippen LogP contribution in [0.25, 0.3) is 11.2 Å². The van der Waals surface area contributed by atoms with Gasteiger partial charge in [-0.15, -0.1) is 0 Å². The van der Waals surface area contributed by atoms with E-state index in [2.05, 4.69) is 15.2 Å². The van der Waals surface area contributed by atoms with Crippen molar-refractivity contribution in [1.29, 1.82) is 0 Å². The lowest BCUT2D eigenvalue weighted by atomic mass is 10.0. The van der Waals surface area contributed by atoms with Crippen LogP contribution in [0.4, 0.5) is 0 Å². The fraction of sp³-hybridized carbons (Fsp3) is 0.440. The van der Waals surface area contributed by atoms with Crippen molar-refractivity contribution in [2.75, 3.05) is 0 Å². The van der Waals surface area contributed by atoms with Crippen LogP contribution >= 0.6 is 0 Å². The van der Waals surface area contributed by atoms with Gasteiger partial charge in [0.05, 0.1) is 5.56 Å². The van der Waals surface area contributed by atoms with E-state index in [9.17, 15) is 9.59 Å². The van der Waals surface area contributed by atoms with E-state index >= 15 is 0 Å². The maximum absolute atomic E-state index is 13.4. The van der Waals surface area contributed by atoms with Gasteiger partial charge in [0.15, 0.2) is 5.65 Å². The Morgan fingerprint density at radius 1 is 1.12 bits per heavy atom. The van der Waals surface area contributed by atoms with Crippen molar-refractivity contribution in [3.05, 3.63) is 59.0 Å². The summed E-state index contributed by atoms with van der Waals surface area (Å²) in [6, 6.07) is 11.2. The second-order valence-electron chi connectivity index (χ2n) is 8.97. The zero-order chi connectivity index (χ0) is 22.1. The largest absolute Gasteiger partial charge is 0.352 e. The molecule has 1 aliphatic heterocycles. The maximum Gasteiger partial charge on any atom is 0.254 e. The van der Waals surface area contributed by atoms with E-state index in [0.717, 1.165) is 61.4 Å². The van der Waals surface area contributed by atoms with Gasteiger partial charge in [0.2, 0.25) is 5.91 Å². The third-order valence-corrected chi connectivity index (χ3v) is 6.27. The third kappa shape index (κ3) is 4.38. The Morgan fingerprint density at radius 2 is 1.94 bits per heavy atom. The molecular weight excluding hydrogens is 402 g/mol. The molecule has 3 aromatic rings. The molecule has 2 aliphatic rings. The van der Waals surface area contributed by atoms with E-state index in [4.69, 9.17) is 9.97 Å². The summed E-state index contributed by atoms with van der Waals surface area (Å²) in [4.78, 5) is 35.9. The summed E-state index contributed by atoms with van der Waals surface area (Å²) in [6.07, 6.45) is 6.72. The minimum absolute atomic E-state index is 0.132. The number of hydrogen-bond donors (Lipinski definition) is 2. The van der Waals surface area contributed by atoms with Gasteiger partial charge in [-0.3, -0.25) is 9.59 Å². The highest BCUT2D eigenvalue weighted by Crippen LogP contribution is 2.24. The first-order valence-electron chi connectivity index (χ1n) is 11.6. The summed E-state index contributed by atoms with van der Waals surface area (Å²) in [5.41, 5.74) is 3.68. The highest BCUT2D eigenvalue weighted by atomic mass is 16.2.